The normalized spacial score (nSPS) is 13.1. The molecular weight excluding hydrogens is 520 g/mol. The van der Waals surface area contributed by atoms with Gasteiger partial charge in [-0.15, -0.1) is 0 Å². The van der Waals surface area contributed by atoms with Gasteiger partial charge in [0.1, 0.15) is 16.5 Å². The zero-order chi connectivity index (χ0) is 28.6. The summed E-state index contributed by atoms with van der Waals surface area (Å²) in [4.78, 5) is 30.9. The number of fused-ring (bicyclic) bond motifs is 1. The highest BCUT2D eigenvalue weighted by atomic mass is 35.5. The van der Waals surface area contributed by atoms with Gasteiger partial charge in [-0.2, -0.15) is 9.98 Å². The van der Waals surface area contributed by atoms with Crippen LogP contribution in [0.2, 0.25) is 5.02 Å². The van der Waals surface area contributed by atoms with E-state index in [1.54, 1.807) is 30.3 Å². The molecule has 0 atom stereocenters. The van der Waals surface area contributed by atoms with E-state index in [4.69, 9.17) is 26.1 Å². The summed E-state index contributed by atoms with van der Waals surface area (Å²) in [6.45, 7) is 14.3. The Hall–Kier alpha value is -3.31. The number of aliphatic imine (C=N–C) groups is 1. The largest absolute Gasteiger partial charge is 0.497 e. The monoisotopic (exact) mass is 560 g/mol. The highest BCUT2D eigenvalue weighted by molar-refractivity contribution is 6.35. The topological polar surface area (TPSA) is 116 Å². The van der Waals surface area contributed by atoms with E-state index in [-0.39, 0.29) is 5.96 Å². The van der Waals surface area contributed by atoms with Crippen molar-refractivity contribution in [3.05, 3.63) is 28.9 Å². The zero-order valence-corrected chi connectivity index (χ0v) is 24.8. The molecule has 3 rings (SSSR count). The average Bonchev–Trinajstić information content (AvgIpc) is 2.89. The van der Waals surface area contributed by atoms with Crippen molar-refractivity contribution in [1.82, 2.24) is 25.5 Å². The molecule has 0 spiro atoms. The molecule has 0 aliphatic carbocycles. The Bertz CT molecular complexity index is 1160. The third-order valence-corrected chi connectivity index (χ3v) is 6.55. The van der Waals surface area contributed by atoms with E-state index in [9.17, 15) is 4.79 Å². The molecule has 2 heterocycles. The summed E-state index contributed by atoms with van der Waals surface area (Å²) in [5, 5.41) is 9.42. The molecule has 0 unspecified atom stereocenters. The number of methoxy groups -OCH3 is 2. The highest BCUT2D eigenvalue weighted by Gasteiger charge is 2.28. The maximum atomic E-state index is 12.8. The molecule has 1 aliphatic rings. The van der Waals surface area contributed by atoms with Crippen molar-refractivity contribution in [2.24, 2.45) is 4.99 Å². The number of aromatic nitrogens is 2. The second-order valence-electron chi connectivity index (χ2n) is 10.2. The van der Waals surface area contributed by atoms with Crippen molar-refractivity contribution in [1.29, 1.82) is 0 Å². The number of urea groups is 1. The first kappa shape index (κ1) is 30.2. The summed E-state index contributed by atoms with van der Waals surface area (Å²) in [5.41, 5.74) is 0.897. The van der Waals surface area contributed by atoms with Crippen molar-refractivity contribution >= 4 is 41.0 Å². The van der Waals surface area contributed by atoms with Crippen LogP contribution in [0.15, 0.2) is 23.3 Å². The van der Waals surface area contributed by atoms with E-state index in [2.05, 4.69) is 44.7 Å². The van der Waals surface area contributed by atoms with Crippen LogP contribution in [0, 0.1) is 0 Å². The van der Waals surface area contributed by atoms with Crippen LogP contribution in [0.25, 0.3) is 0 Å². The number of carbonyl (C=O) groups excluding carboxylic acids is 1. The predicted molar refractivity (Wildman–Crippen MR) is 157 cm³/mol. The van der Waals surface area contributed by atoms with Crippen LogP contribution in [0.5, 0.6) is 11.5 Å². The first-order valence-electron chi connectivity index (χ1n) is 13.3. The summed E-state index contributed by atoms with van der Waals surface area (Å²) < 4.78 is 10.9. The maximum absolute atomic E-state index is 12.8. The molecule has 12 heteroatoms. The van der Waals surface area contributed by atoms with Gasteiger partial charge in [0.05, 0.1) is 26.5 Å². The van der Waals surface area contributed by atoms with Gasteiger partial charge in [0.2, 0.25) is 11.9 Å². The lowest BCUT2D eigenvalue weighted by Crippen LogP contribution is -2.53. The molecule has 0 fully saturated rings. The molecule has 0 radical (unpaired) electrons. The second kappa shape index (κ2) is 13.7. The van der Waals surface area contributed by atoms with Crippen LogP contribution in [0.4, 0.5) is 22.2 Å². The number of guanidine groups is 1. The number of nitrogens with one attached hydrogen (secondary N) is 3. The first-order chi connectivity index (χ1) is 18.6. The summed E-state index contributed by atoms with van der Waals surface area (Å²) >= 11 is 6.70. The molecule has 11 nitrogen and oxygen atoms in total. The SMILES string of the molecule is CCN(CC)CCCCNc1ncc2c(n1)N=C(NC(=O)NC(C)(C)C)N(c1cc(OC)cc(OC)c1Cl)C2. The number of anilines is 2. The summed E-state index contributed by atoms with van der Waals surface area (Å²) in [5.74, 6) is 2.22. The second-order valence-corrected chi connectivity index (χ2v) is 10.6. The minimum Gasteiger partial charge on any atom is -0.497 e. The molecule has 1 aromatic heterocycles. The van der Waals surface area contributed by atoms with E-state index in [0.29, 0.717) is 40.5 Å². The van der Waals surface area contributed by atoms with Crippen molar-refractivity contribution in [3.8, 4) is 11.5 Å². The molecule has 214 valence electrons. The van der Waals surface area contributed by atoms with Crippen LogP contribution in [0.3, 0.4) is 0 Å². The van der Waals surface area contributed by atoms with E-state index >= 15 is 0 Å². The van der Waals surface area contributed by atoms with Gasteiger partial charge in [-0.3, -0.25) is 5.32 Å². The molecule has 1 aromatic carbocycles. The van der Waals surface area contributed by atoms with Crippen LogP contribution < -0.4 is 30.3 Å². The smallest absolute Gasteiger partial charge is 0.321 e. The Morgan fingerprint density at radius 2 is 1.90 bits per heavy atom. The van der Waals surface area contributed by atoms with Crippen molar-refractivity contribution in [2.75, 3.05) is 50.6 Å². The molecule has 3 N–H and O–H groups in total. The summed E-state index contributed by atoms with van der Waals surface area (Å²) in [6.07, 6.45) is 3.84. The van der Waals surface area contributed by atoms with E-state index in [1.165, 1.54) is 7.11 Å². The van der Waals surface area contributed by atoms with Crippen molar-refractivity contribution in [3.63, 3.8) is 0 Å². The number of hydrogen-bond donors (Lipinski definition) is 3. The van der Waals surface area contributed by atoms with Gasteiger partial charge >= 0.3 is 6.03 Å². The molecule has 2 aromatic rings. The molecule has 39 heavy (non-hydrogen) atoms. The number of carbonyl (C=O) groups is 1. The number of nitrogens with zero attached hydrogens (tertiary/aromatic N) is 5. The third-order valence-electron chi connectivity index (χ3n) is 6.17. The number of hydrogen-bond acceptors (Lipinski definition) is 9. The van der Waals surface area contributed by atoms with Gasteiger partial charge in [-0.1, -0.05) is 25.4 Å². The quantitative estimate of drug-likeness (QED) is 0.336. The summed E-state index contributed by atoms with van der Waals surface area (Å²) in [6, 6.07) is 3.06. The van der Waals surface area contributed by atoms with Crippen LogP contribution in [0.1, 0.15) is 53.0 Å². The summed E-state index contributed by atoms with van der Waals surface area (Å²) in [7, 11) is 3.10. The highest BCUT2D eigenvalue weighted by Crippen LogP contribution is 2.41. The fourth-order valence-corrected chi connectivity index (χ4v) is 4.38. The number of amides is 2. The van der Waals surface area contributed by atoms with Gasteiger partial charge in [0.15, 0.2) is 5.82 Å². The van der Waals surface area contributed by atoms with Gasteiger partial charge in [-0.05, 0) is 53.2 Å². The van der Waals surface area contributed by atoms with Crippen molar-refractivity contribution in [2.45, 2.75) is 59.5 Å². The minimum atomic E-state index is -0.441. The van der Waals surface area contributed by atoms with Gasteiger partial charge < -0.3 is 29.9 Å². The number of ether oxygens (including phenoxy) is 2. The predicted octanol–water partition coefficient (Wildman–Crippen LogP) is 4.79. The molecule has 0 bridgehead atoms. The number of rotatable bonds is 11. The van der Waals surface area contributed by atoms with Crippen molar-refractivity contribution < 1.29 is 14.3 Å². The van der Waals surface area contributed by atoms with E-state index < -0.39 is 11.6 Å². The average molecular weight is 561 g/mol. The Labute approximate surface area is 236 Å². The number of benzene rings is 1. The van der Waals surface area contributed by atoms with Crippen LogP contribution >= 0.6 is 11.6 Å². The zero-order valence-electron chi connectivity index (χ0n) is 24.0. The molecule has 1 aliphatic heterocycles. The van der Waals surface area contributed by atoms with Crippen LogP contribution in [-0.4, -0.2) is 72.8 Å². The fraction of sp³-hybridized carbons (Fsp3) is 0.556. The van der Waals surface area contributed by atoms with Gasteiger partial charge in [-0.25, -0.2) is 9.78 Å². The maximum Gasteiger partial charge on any atom is 0.321 e. The Morgan fingerprint density at radius 1 is 1.15 bits per heavy atom. The molecule has 0 saturated carbocycles. The number of unbranched alkanes of at least 4 members (excludes halogenated alkanes) is 1. The molecular formula is C27H41ClN8O3. The molecule has 0 saturated heterocycles. The lowest BCUT2D eigenvalue weighted by atomic mass is 10.1. The lowest BCUT2D eigenvalue weighted by molar-refractivity contribution is 0.236. The Balaban J connectivity index is 1.86. The fourth-order valence-electron chi connectivity index (χ4n) is 4.09. The van der Waals surface area contributed by atoms with E-state index in [1.807, 2.05) is 20.8 Å². The lowest BCUT2D eigenvalue weighted by Gasteiger charge is -2.32. The van der Waals surface area contributed by atoms with Gasteiger partial charge in [0.25, 0.3) is 0 Å². The first-order valence-corrected chi connectivity index (χ1v) is 13.6. The Kier molecular flexibility index (Phi) is 10.6. The molecule has 2 amide bonds. The number of halogens is 1. The standard InChI is InChI=1S/C27H41ClN8O3/c1-8-35(9-2)13-11-10-12-29-24-30-16-18-17-36(20-14-19(38-6)15-21(39-7)22(20)28)25(32-23(18)31-24)33-26(37)34-27(3,4)5/h14-16H,8-13,17H2,1-7H3,(H3,29,30,31,32,33,34,37). The van der Waals surface area contributed by atoms with Gasteiger partial charge in [0, 0.05) is 36.0 Å². The third kappa shape index (κ3) is 8.34. The van der Waals surface area contributed by atoms with Crippen LogP contribution in [-0.2, 0) is 6.54 Å². The van der Waals surface area contributed by atoms with E-state index in [0.717, 1.165) is 44.6 Å². The minimum absolute atomic E-state index is 0.269. The Morgan fingerprint density at radius 3 is 2.54 bits per heavy atom.